The lowest BCUT2D eigenvalue weighted by molar-refractivity contribution is 0.169. The maximum atomic E-state index is 12.0. The quantitative estimate of drug-likeness (QED) is 0.739. The SMILES string of the molecule is CCC1(C)CCN(S(=O)(=O)CCCCN)CC1. The van der Waals surface area contributed by atoms with Gasteiger partial charge in [-0.1, -0.05) is 20.3 Å². The first-order valence-corrected chi connectivity index (χ1v) is 8.22. The molecule has 1 heterocycles. The number of hydrogen-bond acceptors (Lipinski definition) is 3. The second-order valence-corrected chi connectivity index (χ2v) is 7.46. The molecule has 1 aliphatic heterocycles. The molecule has 1 rings (SSSR count). The average molecular weight is 262 g/mol. The summed E-state index contributed by atoms with van der Waals surface area (Å²) in [4.78, 5) is 0. The molecule has 1 fully saturated rings. The van der Waals surface area contributed by atoms with E-state index in [1.165, 1.54) is 0 Å². The number of rotatable bonds is 6. The van der Waals surface area contributed by atoms with Crippen molar-refractivity contribution in [2.24, 2.45) is 11.1 Å². The standard InChI is InChI=1S/C12H26N2O2S/c1-3-12(2)6-9-14(10-7-12)17(15,16)11-5-4-8-13/h3-11,13H2,1-2H3. The summed E-state index contributed by atoms with van der Waals surface area (Å²) < 4.78 is 25.8. The summed E-state index contributed by atoms with van der Waals surface area (Å²) in [5, 5.41) is 0. The van der Waals surface area contributed by atoms with Crippen molar-refractivity contribution in [3.8, 4) is 0 Å². The lowest BCUT2D eigenvalue weighted by atomic mass is 9.79. The maximum absolute atomic E-state index is 12.0. The van der Waals surface area contributed by atoms with E-state index in [1.54, 1.807) is 4.31 Å². The summed E-state index contributed by atoms with van der Waals surface area (Å²) in [6.07, 6.45) is 4.58. The first-order valence-electron chi connectivity index (χ1n) is 6.61. The fourth-order valence-corrected chi connectivity index (χ4v) is 3.78. The van der Waals surface area contributed by atoms with Crippen molar-refractivity contribution in [3.63, 3.8) is 0 Å². The van der Waals surface area contributed by atoms with E-state index in [0.717, 1.165) is 25.7 Å². The molecule has 0 aliphatic carbocycles. The highest BCUT2D eigenvalue weighted by Crippen LogP contribution is 2.34. The van der Waals surface area contributed by atoms with Gasteiger partial charge in [-0.25, -0.2) is 12.7 Å². The van der Waals surface area contributed by atoms with E-state index in [4.69, 9.17) is 5.73 Å². The molecule has 0 atom stereocenters. The van der Waals surface area contributed by atoms with Crippen LogP contribution >= 0.6 is 0 Å². The first-order chi connectivity index (χ1) is 7.93. The summed E-state index contributed by atoms with van der Waals surface area (Å²) in [5.74, 6) is 0.257. The second-order valence-electron chi connectivity index (χ2n) is 5.38. The number of nitrogens with two attached hydrogens (primary N) is 1. The Hall–Kier alpha value is -0.130. The van der Waals surface area contributed by atoms with Gasteiger partial charge >= 0.3 is 0 Å². The Morgan fingerprint density at radius 3 is 2.29 bits per heavy atom. The van der Waals surface area contributed by atoms with Gasteiger partial charge in [-0.2, -0.15) is 0 Å². The smallest absolute Gasteiger partial charge is 0.214 e. The van der Waals surface area contributed by atoms with Gasteiger partial charge in [-0.05, 0) is 37.6 Å². The van der Waals surface area contributed by atoms with E-state index < -0.39 is 10.0 Å². The Balaban J connectivity index is 2.47. The molecule has 17 heavy (non-hydrogen) atoms. The molecule has 1 saturated heterocycles. The molecule has 0 saturated carbocycles. The fourth-order valence-electron chi connectivity index (χ4n) is 2.22. The van der Waals surface area contributed by atoms with Crippen LogP contribution in [-0.4, -0.2) is 38.1 Å². The van der Waals surface area contributed by atoms with Crippen molar-refractivity contribution in [1.82, 2.24) is 4.31 Å². The van der Waals surface area contributed by atoms with Crippen LogP contribution in [0.4, 0.5) is 0 Å². The van der Waals surface area contributed by atoms with Crippen LogP contribution in [0.3, 0.4) is 0 Å². The predicted octanol–water partition coefficient (Wildman–Crippen LogP) is 1.57. The van der Waals surface area contributed by atoms with Gasteiger partial charge in [-0.15, -0.1) is 0 Å². The maximum Gasteiger partial charge on any atom is 0.214 e. The van der Waals surface area contributed by atoms with Crippen LogP contribution in [0.5, 0.6) is 0 Å². The molecule has 0 amide bonds. The molecule has 0 aromatic heterocycles. The highest BCUT2D eigenvalue weighted by molar-refractivity contribution is 7.89. The van der Waals surface area contributed by atoms with Crippen molar-refractivity contribution >= 4 is 10.0 Å². The van der Waals surface area contributed by atoms with Crippen molar-refractivity contribution in [1.29, 1.82) is 0 Å². The molecule has 0 aromatic carbocycles. The van der Waals surface area contributed by atoms with Crippen molar-refractivity contribution in [2.75, 3.05) is 25.4 Å². The minimum atomic E-state index is -3.04. The van der Waals surface area contributed by atoms with E-state index in [-0.39, 0.29) is 5.75 Å². The molecule has 0 radical (unpaired) electrons. The Kier molecular flexibility index (Phi) is 5.41. The van der Waals surface area contributed by atoms with Gasteiger partial charge in [-0.3, -0.25) is 0 Å². The third kappa shape index (κ3) is 4.23. The minimum absolute atomic E-state index is 0.257. The lowest BCUT2D eigenvalue weighted by Gasteiger charge is -2.38. The van der Waals surface area contributed by atoms with Crippen molar-refractivity contribution in [3.05, 3.63) is 0 Å². The molecule has 2 N–H and O–H groups in total. The van der Waals surface area contributed by atoms with Crippen LogP contribution in [0.2, 0.25) is 0 Å². The largest absolute Gasteiger partial charge is 0.330 e. The van der Waals surface area contributed by atoms with Crippen LogP contribution in [0, 0.1) is 5.41 Å². The van der Waals surface area contributed by atoms with Crippen molar-refractivity contribution in [2.45, 2.75) is 46.0 Å². The summed E-state index contributed by atoms with van der Waals surface area (Å²) in [6.45, 7) is 6.39. The Morgan fingerprint density at radius 2 is 1.82 bits per heavy atom. The summed E-state index contributed by atoms with van der Waals surface area (Å²) in [5.41, 5.74) is 5.72. The Bertz CT molecular complexity index is 319. The van der Waals surface area contributed by atoms with Gasteiger partial charge in [0, 0.05) is 13.1 Å². The average Bonchev–Trinajstić information content (AvgIpc) is 2.30. The molecular formula is C12H26N2O2S. The normalized spacial score (nSPS) is 21.6. The van der Waals surface area contributed by atoms with Crippen LogP contribution in [-0.2, 0) is 10.0 Å². The molecule has 5 heteroatoms. The Labute approximate surface area is 106 Å². The Morgan fingerprint density at radius 1 is 1.24 bits per heavy atom. The zero-order valence-electron chi connectivity index (χ0n) is 11.1. The number of hydrogen-bond donors (Lipinski definition) is 1. The lowest BCUT2D eigenvalue weighted by Crippen LogP contribution is -2.42. The van der Waals surface area contributed by atoms with E-state index in [9.17, 15) is 8.42 Å². The summed E-state index contributed by atoms with van der Waals surface area (Å²) >= 11 is 0. The predicted molar refractivity (Wildman–Crippen MR) is 71.3 cm³/mol. The van der Waals surface area contributed by atoms with Crippen LogP contribution in [0.15, 0.2) is 0 Å². The number of sulfonamides is 1. The monoisotopic (exact) mass is 262 g/mol. The van der Waals surface area contributed by atoms with Gasteiger partial charge in [0.15, 0.2) is 0 Å². The van der Waals surface area contributed by atoms with Crippen LogP contribution in [0.1, 0.15) is 46.0 Å². The highest BCUT2D eigenvalue weighted by atomic mass is 32.2. The van der Waals surface area contributed by atoms with E-state index >= 15 is 0 Å². The van der Waals surface area contributed by atoms with Crippen LogP contribution in [0.25, 0.3) is 0 Å². The first kappa shape index (κ1) is 14.9. The van der Waals surface area contributed by atoms with Gasteiger partial charge in [0.1, 0.15) is 0 Å². The van der Waals surface area contributed by atoms with E-state index in [0.29, 0.717) is 31.5 Å². The van der Waals surface area contributed by atoms with Gasteiger partial charge in [0.05, 0.1) is 5.75 Å². The highest BCUT2D eigenvalue weighted by Gasteiger charge is 2.33. The number of piperidine rings is 1. The van der Waals surface area contributed by atoms with E-state index in [2.05, 4.69) is 13.8 Å². The molecule has 102 valence electrons. The number of unbranched alkanes of at least 4 members (excludes halogenated alkanes) is 1. The molecule has 0 spiro atoms. The molecule has 1 aliphatic rings. The topological polar surface area (TPSA) is 63.4 Å². The van der Waals surface area contributed by atoms with E-state index in [1.807, 2.05) is 0 Å². The minimum Gasteiger partial charge on any atom is -0.330 e. The van der Waals surface area contributed by atoms with Crippen LogP contribution < -0.4 is 5.73 Å². The molecule has 0 unspecified atom stereocenters. The second kappa shape index (κ2) is 6.16. The fraction of sp³-hybridized carbons (Fsp3) is 1.00. The third-order valence-corrected chi connectivity index (χ3v) is 5.99. The summed E-state index contributed by atoms with van der Waals surface area (Å²) in [7, 11) is -3.04. The van der Waals surface area contributed by atoms with Crippen molar-refractivity contribution < 1.29 is 8.42 Å². The molecule has 0 aromatic rings. The molecular weight excluding hydrogens is 236 g/mol. The van der Waals surface area contributed by atoms with Gasteiger partial charge < -0.3 is 5.73 Å². The summed E-state index contributed by atoms with van der Waals surface area (Å²) in [6, 6.07) is 0. The molecule has 4 nitrogen and oxygen atoms in total. The zero-order chi connectivity index (χ0) is 12.9. The number of nitrogens with zero attached hydrogens (tertiary/aromatic N) is 1. The van der Waals surface area contributed by atoms with Gasteiger partial charge in [0.25, 0.3) is 0 Å². The van der Waals surface area contributed by atoms with Gasteiger partial charge in [0.2, 0.25) is 10.0 Å². The zero-order valence-corrected chi connectivity index (χ0v) is 11.9. The third-order valence-electron chi connectivity index (χ3n) is 4.03. The molecule has 0 bridgehead atoms.